The van der Waals surface area contributed by atoms with Gasteiger partial charge in [0, 0.05) is 6.07 Å². The average Bonchev–Trinajstić information content (AvgIpc) is 2.15. The molecule has 2 rings (SSSR count). The Bertz CT molecular complexity index is 392. The Labute approximate surface area is 98.9 Å². The van der Waals surface area contributed by atoms with Crippen LogP contribution in [0.25, 0.3) is 0 Å². The summed E-state index contributed by atoms with van der Waals surface area (Å²) in [5.41, 5.74) is 1.85. The average molecular weight is 243 g/mol. The predicted molar refractivity (Wildman–Crippen MR) is 61.6 cm³/mol. The zero-order valence-corrected chi connectivity index (χ0v) is 9.61. The summed E-state index contributed by atoms with van der Waals surface area (Å²) in [5, 5.41) is 0.0714. The van der Waals surface area contributed by atoms with Crippen molar-refractivity contribution >= 4 is 11.6 Å². The lowest BCUT2D eigenvalue weighted by atomic mass is 9.94. The third-order valence-electron chi connectivity index (χ3n) is 2.75. The van der Waals surface area contributed by atoms with Crippen LogP contribution in [0.1, 0.15) is 24.8 Å². The highest BCUT2D eigenvalue weighted by atomic mass is 35.5. The number of allylic oxidation sites excluding steroid dienone is 2. The van der Waals surface area contributed by atoms with Gasteiger partial charge in [-0.25, -0.2) is 8.78 Å². The highest BCUT2D eigenvalue weighted by molar-refractivity contribution is 6.21. The molecule has 1 aliphatic rings. The second-order valence-electron chi connectivity index (χ2n) is 4.19. The number of rotatable bonds is 2. The van der Waals surface area contributed by atoms with Gasteiger partial charge in [0.25, 0.3) is 0 Å². The van der Waals surface area contributed by atoms with Crippen LogP contribution < -0.4 is 0 Å². The van der Waals surface area contributed by atoms with Crippen LogP contribution in [0.15, 0.2) is 29.8 Å². The molecule has 1 unspecified atom stereocenters. The molecule has 16 heavy (non-hydrogen) atoms. The predicted octanol–water partition coefficient (Wildman–Crippen LogP) is 4.23. The minimum Gasteiger partial charge on any atom is -0.207 e. The van der Waals surface area contributed by atoms with E-state index < -0.39 is 11.6 Å². The summed E-state index contributed by atoms with van der Waals surface area (Å²) in [6.45, 7) is 0. The molecule has 0 saturated carbocycles. The standard InChI is InChI=1S/C13H13ClF2/c14-11-3-1-2-9(5-11)4-10-6-12(15)8-13(16)7-10/h5-8,11H,1-4H2. The number of benzene rings is 1. The first kappa shape index (κ1) is 11.6. The summed E-state index contributed by atoms with van der Waals surface area (Å²) in [5.74, 6) is -1.04. The Kier molecular flexibility index (Phi) is 3.59. The summed E-state index contributed by atoms with van der Waals surface area (Å²) >= 11 is 6.02. The highest BCUT2D eigenvalue weighted by Gasteiger charge is 2.12. The van der Waals surface area contributed by atoms with E-state index in [0.29, 0.717) is 12.0 Å². The molecule has 1 aromatic carbocycles. The second-order valence-corrected chi connectivity index (χ2v) is 4.75. The molecule has 0 nitrogen and oxygen atoms in total. The van der Waals surface area contributed by atoms with Crippen molar-refractivity contribution in [2.45, 2.75) is 31.1 Å². The molecule has 1 aromatic rings. The van der Waals surface area contributed by atoms with E-state index >= 15 is 0 Å². The smallest absolute Gasteiger partial charge is 0.126 e. The van der Waals surface area contributed by atoms with E-state index in [-0.39, 0.29) is 5.38 Å². The van der Waals surface area contributed by atoms with Crippen LogP contribution in [0.2, 0.25) is 0 Å². The SMILES string of the molecule is Fc1cc(F)cc(CC2=CC(Cl)CCC2)c1. The minimum atomic E-state index is -0.520. The van der Waals surface area contributed by atoms with E-state index in [4.69, 9.17) is 11.6 Å². The number of alkyl halides is 1. The maximum atomic E-state index is 13.0. The van der Waals surface area contributed by atoms with Crippen molar-refractivity contribution in [2.24, 2.45) is 0 Å². The summed E-state index contributed by atoms with van der Waals surface area (Å²) in [7, 11) is 0. The molecule has 1 atom stereocenters. The zero-order valence-electron chi connectivity index (χ0n) is 8.85. The van der Waals surface area contributed by atoms with Gasteiger partial charge in [-0.15, -0.1) is 11.6 Å². The minimum absolute atomic E-state index is 0.0714. The van der Waals surface area contributed by atoms with Crippen LogP contribution in [0.5, 0.6) is 0 Å². The number of hydrogen-bond acceptors (Lipinski definition) is 0. The topological polar surface area (TPSA) is 0 Å². The third kappa shape index (κ3) is 3.05. The van der Waals surface area contributed by atoms with Crippen LogP contribution >= 0.6 is 11.6 Å². The fraction of sp³-hybridized carbons (Fsp3) is 0.385. The van der Waals surface area contributed by atoms with E-state index in [1.54, 1.807) is 0 Å². The Morgan fingerprint density at radius 2 is 1.88 bits per heavy atom. The lowest BCUT2D eigenvalue weighted by Crippen LogP contribution is -2.05. The molecule has 0 radical (unpaired) electrons. The van der Waals surface area contributed by atoms with Crippen LogP contribution in [-0.4, -0.2) is 5.38 Å². The molecule has 0 aliphatic heterocycles. The lowest BCUT2D eigenvalue weighted by Gasteiger charge is -2.16. The molecule has 0 heterocycles. The van der Waals surface area contributed by atoms with Gasteiger partial charge in [-0.05, 0) is 43.4 Å². The van der Waals surface area contributed by atoms with E-state index in [1.165, 1.54) is 17.7 Å². The Morgan fingerprint density at radius 1 is 1.19 bits per heavy atom. The van der Waals surface area contributed by atoms with Crippen molar-refractivity contribution < 1.29 is 8.78 Å². The number of hydrogen-bond donors (Lipinski definition) is 0. The Balaban J connectivity index is 2.14. The summed E-state index contributed by atoms with van der Waals surface area (Å²) in [4.78, 5) is 0. The monoisotopic (exact) mass is 242 g/mol. The van der Waals surface area contributed by atoms with Crippen molar-refractivity contribution in [3.8, 4) is 0 Å². The first-order chi connectivity index (χ1) is 7.63. The van der Waals surface area contributed by atoms with E-state index in [9.17, 15) is 8.78 Å². The fourth-order valence-corrected chi connectivity index (χ4v) is 2.40. The summed E-state index contributed by atoms with van der Waals surface area (Å²) < 4.78 is 25.9. The van der Waals surface area contributed by atoms with Crippen molar-refractivity contribution in [3.63, 3.8) is 0 Å². The summed E-state index contributed by atoms with van der Waals surface area (Å²) in [6.07, 6.45) is 5.62. The van der Waals surface area contributed by atoms with Gasteiger partial charge in [-0.3, -0.25) is 0 Å². The quantitative estimate of drug-likeness (QED) is 0.538. The second kappa shape index (κ2) is 4.96. The lowest BCUT2D eigenvalue weighted by molar-refractivity contribution is 0.579. The first-order valence-electron chi connectivity index (χ1n) is 5.42. The highest BCUT2D eigenvalue weighted by Crippen LogP contribution is 2.24. The van der Waals surface area contributed by atoms with Gasteiger partial charge in [0.05, 0.1) is 5.38 Å². The molecule has 0 amide bonds. The van der Waals surface area contributed by atoms with Crippen LogP contribution in [0.4, 0.5) is 8.78 Å². The van der Waals surface area contributed by atoms with Crippen LogP contribution in [0, 0.1) is 11.6 Å². The van der Waals surface area contributed by atoms with Crippen LogP contribution in [0.3, 0.4) is 0 Å². The molecule has 0 saturated heterocycles. The molecule has 0 spiro atoms. The van der Waals surface area contributed by atoms with E-state index in [1.807, 2.05) is 6.08 Å². The van der Waals surface area contributed by atoms with Crippen LogP contribution in [-0.2, 0) is 6.42 Å². The first-order valence-corrected chi connectivity index (χ1v) is 5.86. The maximum Gasteiger partial charge on any atom is 0.126 e. The van der Waals surface area contributed by atoms with Crippen molar-refractivity contribution in [3.05, 3.63) is 47.0 Å². The molecular formula is C13H13ClF2. The zero-order chi connectivity index (χ0) is 11.5. The van der Waals surface area contributed by atoms with Gasteiger partial charge in [-0.2, -0.15) is 0 Å². The molecule has 86 valence electrons. The van der Waals surface area contributed by atoms with Gasteiger partial charge in [0.1, 0.15) is 11.6 Å². The Hall–Kier alpha value is -0.890. The summed E-state index contributed by atoms with van der Waals surface area (Å²) in [6, 6.07) is 3.65. The maximum absolute atomic E-state index is 13.0. The molecular weight excluding hydrogens is 230 g/mol. The van der Waals surface area contributed by atoms with Crippen molar-refractivity contribution in [2.75, 3.05) is 0 Å². The number of halogens is 3. The largest absolute Gasteiger partial charge is 0.207 e. The van der Waals surface area contributed by atoms with Gasteiger partial charge in [0.2, 0.25) is 0 Å². The van der Waals surface area contributed by atoms with Gasteiger partial charge < -0.3 is 0 Å². The Morgan fingerprint density at radius 3 is 2.50 bits per heavy atom. The van der Waals surface area contributed by atoms with Crippen molar-refractivity contribution in [1.29, 1.82) is 0 Å². The van der Waals surface area contributed by atoms with Crippen molar-refractivity contribution in [1.82, 2.24) is 0 Å². The molecule has 0 fully saturated rings. The molecule has 0 N–H and O–H groups in total. The molecule has 0 bridgehead atoms. The van der Waals surface area contributed by atoms with E-state index in [2.05, 4.69) is 0 Å². The van der Waals surface area contributed by atoms with Gasteiger partial charge in [-0.1, -0.05) is 11.6 Å². The van der Waals surface area contributed by atoms with Gasteiger partial charge in [0.15, 0.2) is 0 Å². The molecule has 3 heteroatoms. The fourth-order valence-electron chi connectivity index (χ4n) is 2.07. The normalized spacial score (nSPS) is 20.7. The molecule has 1 aliphatic carbocycles. The van der Waals surface area contributed by atoms with E-state index in [0.717, 1.165) is 25.3 Å². The molecule has 0 aromatic heterocycles. The third-order valence-corrected chi connectivity index (χ3v) is 3.09. The van der Waals surface area contributed by atoms with Gasteiger partial charge >= 0.3 is 0 Å².